The van der Waals surface area contributed by atoms with Crippen molar-refractivity contribution in [2.45, 2.75) is 31.3 Å². The van der Waals surface area contributed by atoms with E-state index in [0.717, 1.165) is 33.6 Å². The Labute approximate surface area is 138 Å². The van der Waals surface area contributed by atoms with E-state index in [1.807, 2.05) is 6.07 Å². The van der Waals surface area contributed by atoms with Crippen LogP contribution >= 0.6 is 0 Å². The van der Waals surface area contributed by atoms with E-state index in [2.05, 4.69) is 26.3 Å². The quantitative estimate of drug-likeness (QED) is 0.774. The summed E-state index contributed by atoms with van der Waals surface area (Å²) in [7, 11) is 0. The molecule has 1 saturated carbocycles. The van der Waals surface area contributed by atoms with E-state index >= 15 is 0 Å². The molecule has 0 aromatic carbocycles. The first-order valence-electron chi connectivity index (χ1n) is 8.37. The summed E-state index contributed by atoms with van der Waals surface area (Å²) in [5.74, 6) is 1.55. The second kappa shape index (κ2) is 5.18. The summed E-state index contributed by atoms with van der Waals surface area (Å²) in [4.78, 5) is 11.8. The van der Waals surface area contributed by atoms with Crippen molar-refractivity contribution in [3.8, 4) is 11.8 Å². The number of rotatable bonds is 3. The molecule has 0 radical (unpaired) electrons. The van der Waals surface area contributed by atoms with Crippen LogP contribution in [0.5, 0.6) is 5.75 Å². The number of aromatic nitrogens is 3. The Balaban J connectivity index is 1.52. The fourth-order valence-electron chi connectivity index (χ4n) is 4.21. The van der Waals surface area contributed by atoms with Gasteiger partial charge in [0.15, 0.2) is 0 Å². The van der Waals surface area contributed by atoms with E-state index in [1.165, 1.54) is 19.3 Å². The molecule has 0 spiro atoms. The zero-order chi connectivity index (χ0) is 16.1. The highest BCUT2D eigenvalue weighted by Crippen LogP contribution is 2.36. The molecule has 120 valence electrons. The van der Waals surface area contributed by atoms with Crippen LogP contribution in [0.1, 0.15) is 25.0 Å². The number of nitrogens with one attached hydrogen (secondary N) is 2. The van der Waals surface area contributed by atoms with E-state index < -0.39 is 0 Å². The Hall–Kier alpha value is -2.65. The average molecular weight is 319 g/mol. The minimum atomic E-state index is 0.396. The number of nitrogens with zero attached hydrogens (tertiary/aromatic N) is 3. The molecule has 4 heterocycles. The van der Waals surface area contributed by atoms with Gasteiger partial charge in [0, 0.05) is 23.7 Å². The van der Waals surface area contributed by atoms with Gasteiger partial charge < -0.3 is 15.0 Å². The van der Waals surface area contributed by atoms with Crippen molar-refractivity contribution < 1.29 is 4.74 Å². The predicted octanol–water partition coefficient (Wildman–Crippen LogP) is 2.50. The molecule has 2 unspecified atom stereocenters. The van der Waals surface area contributed by atoms with Crippen molar-refractivity contribution >= 4 is 21.9 Å². The second-order valence-corrected chi connectivity index (χ2v) is 6.74. The third-order valence-corrected chi connectivity index (χ3v) is 5.36. The summed E-state index contributed by atoms with van der Waals surface area (Å²) in [5, 5.41) is 14.6. The van der Waals surface area contributed by atoms with Crippen LogP contribution in [-0.4, -0.2) is 33.6 Å². The molecule has 1 aliphatic heterocycles. The first kappa shape index (κ1) is 13.8. The zero-order valence-corrected chi connectivity index (χ0v) is 13.1. The molecule has 6 heteroatoms. The SMILES string of the molecule is N#Cc1cc2c(cn1)[nH]c1nccc(OC[C@H]3NC4CCC3C4)c12. The van der Waals surface area contributed by atoms with Gasteiger partial charge in [-0.05, 0) is 37.3 Å². The average Bonchev–Trinajstić information content (AvgIpc) is 3.32. The molecule has 2 N–H and O–H groups in total. The lowest BCUT2D eigenvalue weighted by Crippen LogP contribution is -2.39. The van der Waals surface area contributed by atoms with E-state index in [-0.39, 0.29) is 0 Å². The van der Waals surface area contributed by atoms with Crippen molar-refractivity contribution in [3.63, 3.8) is 0 Å². The number of aromatic amines is 1. The molecule has 2 aliphatic rings. The topological polar surface area (TPSA) is 86.6 Å². The standard InChI is InChI=1S/C18H17N5O/c19-7-12-6-13-14(8-21-12)23-18-17(13)16(3-4-20-18)24-9-15-10-1-2-11(5-10)22-15/h3-4,6,8,10-11,15,22H,1-2,5,9H2,(H,20,23)/t10?,11?,15-/m1/s1. The van der Waals surface area contributed by atoms with E-state index in [1.54, 1.807) is 18.5 Å². The van der Waals surface area contributed by atoms with E-state index in [9.17, 15) is 0 Å². The normalized spacial score (nSPS) is 25.4. The summed E-state index contributed by atoms with van der Waals surface area (Å²) in [6, 6.07) is 6.90. The molecule has 3 aromatic heterocycles. The fraction of sp³-hybridized carbons (Fsp3) is 0.389. The number of pyridine rings is 2. The minimum absolute atomic E-state index is 0.396. The summed E-state index contributed by atoms with van der Waals surface area (Å²) < 4.78 is 6.17. The van der Waals surface area contributed by atoms with Crippen LogP contribution in [0.2, 0.25) is 0 Å². The van der Waals surface area contributed by atoms with Gasteiger partial charge in [-0.25, -0.2) is 9.97 Å². The maximum atomic E-state index is 9.11. The second-order valence-electron chi connectivity index (χ2n) is 6.74. The van der Waals surface area contributed by atoms with Crippen molar-refractivity contribution in [1.82, 2.24) is 20.3 Å². The molecule has 1 aliphatic carbocycles. The van der Waals surface area contributed by atoms with Gasteiger partial charge in [-0.15, -0.1) is 0 Å². The summed E-state index contributed by atoms with van der Waals surface area (Å²) in [5.41, 5.74) is 2.03. The molecule has 1 saturated heterocycles. The molecule has 24 heavy (non-hydrogen) atoms. The highest BCUT2D eigenvalue weighted by Gasteiger charge is 2.39. The van der Waals surface area contributed by atoms with Gasteiger partial charge in [0.2, 0.25) is 0 Å². The lowest BCUT2D eigenvalue weighted by molar-refractivity contribution is 0.231. The molecule has 3 atom stereocenters. The highest BCUT2D eigenvalue weighted by molar-refractivity contribution is 6.09. The maximum Gasteiger partial charge on any atom is 0.142 e. The van der Waals surface area contributed by atoms with Crippen LogP contribution in [0, 0.1) is 17.2 Å². The monoisotopic (exact) mass is 319 g/mol. The largest absolute Gasteiger partial charge is 0.491 e. The van der Waals surface area contributed by atoms with Crippen LogP contribution in [0.4, 0.5) is 0 Å². The smallest absolute Gasteiger partial charge is 0.142 e. The van der Waals surface area contributed by atoms with Gasteiger partial charge in [-0.3, -0.25) is 0 Å². The number of H-pyrrole nitrogens is 1. The Morgan fingerprint density at radius 1 is 1.33 bits per heavy atom. The third kappa shape index (κ3) is 2.05. The number of hydrogen-bond acceptors (Lipinski definition) is 5. The number of nitriles is 1. The Morgan fingerprint density at radius 2 is 2.29 bits per heavy atom. The number of fused-ring (bicyclic) bond motifs is 5. The first-order valence-corrected chi connectivity index (χ1v) is 8.37. The van der Waals surface area contributed by atoms with Gasteiger partial charge in [0.05, 0.1) is 17.1 Å². The molecule has 5 rings (SSSR count). The third-order valence-electron chi connectivity index (χ3n) is 5.36. The van der Waals surface area contributed by atoms with Crippen molar-refractivity contribution in [3.05, 3.63) is 30.2 Å². The highest BCUT2D eigenvalue weighted by atomic mass is 16.5. The van der Waals surface area contributed by atoms with Crippen LogP contribution in [0.15, 0.2) is 24.5 Å². The van der Waals surface area contributed by atoms with Crippen molar-refractivity contribution in [2.24, 2.45) is 5.92 Å². The van der Waals surface area contributed by atoms with Crippen LogP contribution in [0.25, 0.3) is 21.9 Å². The Kier molecular flexibility index (Phi) is 2.97. The Bertz CT molecular complexity index is 973. The van der Waals surface area contributed by atoms with E-state index in [4.69, 9.17) is 10.00 Å². The Morgan fingerprint density at radius 3 is 3.08 bits per heavy atom. The number of ether oxygens (including phenoxy) is 1. The summed E-state index contributed by atoms with van der Waals surface area (Å²) in [6.45, 7) is 0.670. The summed E-state index contributed by atoms with van der Waals surface area (Å²) >= 11 is 0. The van der Waals surface area contributed by atoms with Gasteiger partial charge in [-0.2, -0.15) is 5.26 Å². The minimum Gasteiger partial charge on any atom is -0.491 e. The van der Waals surface area contributed by atoms with Gasteiger partial charge in [0.25, 0.3) is 0 Å². The van der Waals surface area contributed by atoms with Gasteiger partial charge >= 0.3 is 0 Å². The van der Waals surface area contributed by atoms with Gasteiger partial charge in [-0.1, -0.05) is 0 Å². The molecule has 6 nitrogen and oxygen atoms in total. The number of hydrogen-bond donors (Lipinski definition) is 2. The van der Waals surface area contributed by atoms with Crippen molar-refractivity contribution in [1.29, 1.82) is 5.26 Å². The van der Waals surface area contributed by atoms with Crippen LogP contribution in [0.3, 0.4) is 0 Å². The lowest BCUT2D eigenvalue weighted by Gasteiger charge is -2.23. The maximum absolute atomic E-state index is 9.11. The first-order chi connectivity index (χ1) is 11.8. The summed E-state index contributed by atoms with van der Waals surface area (Å²) in [6.07, 6.45) is 7.32. The van der Waals surface area contributed by atoms with Gasteiger partial charge in [0.1, 0.15) is 29.8 Å². The van der Waals surface area contributed by atoms with Crippen molar-refractivity contribution in [2.75, 3.05) is 6.61 Å². The zero-order valence-electron chi connectivity index (χ0n) is 13.1. The molecular formula is C18H17N5O. The molecule has 3 aromatic rings. The number of piperidine rings is 1. The molecule has 2 bridgehead atoms. The van der Waals surface area contributed by atoms with Crippen LogP contribution < -0.4 is 10.1 Å². The lowest BCUT2D eigenvalue weighted by atomic mass is 10.0. The van der Waals surface area contributed by atoms with E-state index in [0.29, 0.717) is 24.4 Å². The molecule has 0 amide bonds. The fourth-order valence-corrected chi connectivity index (χ4v) is 4.21. The molecular weight excluding hydrogens is 302 g/mol. The predicted molar refractivity (Wildman–Crippen MR) is 89.7 cm³/mol. The van der Waals surface area contributed by atoms with Crippen LogP contribution in [-0.2, 0) is 0 Å². The molecule has 2 fully saturated rings.